The Morgan fingerprint density at radius 1 is 1.26 bits per heavy atom. The zero-order chi connectivity index (χ0) is 13.8. The van der Waals surface area contributed by atoms with Crippen molar-refractivity contribution in [3.8, 4) is 0 Å². The number of amides is 1. The summed E-state index contributed by atoms with van der Waals surface area (Å²) in [4.78, 5) is 14.0. The van der Waals surface area contributed by atoms with Crippen LogP contribution in [0.25, 0.3) is 0 Å². The van der Waals surface area contributed by atoms with Gasteiger partial charge in [-0.15, -0.1) is 0 Å². The largest absolute Gasteiger partial charge is 0.341 e. The van der Waals surface area contributed by atoms with E-state index in [0.717, 1.165) is 25.9 Å². The smallest absolute Gasteiger partial charge is 0.239 e. The molecule has 19 heavy (non-hydrogen) atoms. The van der Waals surface area contributed by atoms with Gasteiger partial charge in [-0.05, 0) is 32.8 Å². The van der Waals surface area contributed by atoms with Gasteiger partial charge in [-0.1, -0.05) is 18.2 Å². The third-order valence-electron chi connectivity index (χ3n) is 3.66. The van der Waals surface area contributed by atoms with E-state index in [1.807, 2.05) is 24.8 Å². The first-order valence-corrected chi connectivity index (χ1v) is 6.89. The second-order valence-corrected chi connectivity index (χ2v) is 5.16. The van der Waals surface area contributed by atoms with Crippen LogP contribution < -0.4 is 5.32 Å². The summed E-state index contributed by atoms with van der Waals surface area (Å²) in [5.41, 5.74) is 0.601. The number of carbonyl (C=O) groups is 1. The molecule has 1 unspecified atom stereocenters. The SMILES string of the molecule is CC(N[C@H](C)c1ccccc1F)C(=O)N1CCCC1. The van der Waals surface area contributed by atoms with Crippen molar-refractivity contribution in [3.63, 3.8) is 0 Å². The summed E-state index contributed by atoms with van der Waals surface area (Å²) in [7, 11) is 0. The average molecular weight is 264 g/mol. The van der Waals surface area contributed by atoms with E-state index in [4.69, 9.17) is 0 Å². The van der Waals surface area contributed by atoms with Crippen LogP contribution in [-0.2, 0) is 4.79 Å². The molecule has 0 aromatic heterocycles. The number of benzene rings is 1. The molecule has 1 fully saturated rings. The predicted molar refractivity (Wildman–Crippen MR) is 73.2 cm³/mol. The highest BCUT2D eigenvalue weighted by molar-refractivity contribution is 5.81. The second kappa shape index (κ2) is 6.15. The van der Waals surface area contributed by atoms with Crippen LogP contribution in [0.3, 0.4) is 0 Å². The maximum Gasteiger partial charge on any atom is 0.239 e. The fourth-order valence-corrected chi connectivity index (χ4v) is 2.57. The molecule has 4 heteroatoms. The van der Waals surface area contributed by atoms with Crippen LogP contribution >= 0.6 is 0 Å². The van der Waals surface area contributed by atoms with Crippen LogP contribution in [0, 0.1) is 5.82 Å². The molecular formula is C15H21FN2O. The highest BCUT2D eigenvalue weighted by Gasteiger charge is 2.24. The first-order chi connectivity index (χ1) is 9.09. The maximum atomic E-state index is 13.7. The van der Waals surface area contributed by atoms with E-state index in [1.165, 1.54) is 6.07 Å². The van der Waals surface area contributed by atoms with E-state index in [2.05, 4.69) is 5.32 Å². The van der Waals surface area contributed by atoms with Crippen molar-refractivity contribution < 1.29 is 9.18 Å². The van der Waals surface area contributed by atoms with Gasteiger partial charge in [-0.3, -0.25) is 10.1 Å². The van der Waals surface area contributed by atoms with E-state index in [1.54, 1.807) is 12.1 Å². The summed E-state index contributed by atoms with van der Waals surface area (Å²) in [5.74, 6) is -0.121. The fraction of sp³-hybridized carbons (Fsp3) is 0.533. The molecule has 0 bridgehead atoms. The standard InChI is InChI=1S/C15H21FN2O/c1-11(13-7-3-4-8-14(13)16)17-12(2)15(19)18-9-5-6-10-18/h3-4,7-8,11-12,17H,5-6,9-10H2,1-2H3/t11-,12?/m1/s1. The molecular weight excluding hydrogens is 243 g/mol. The van der Waals surface area contributed by atoms with E-state index < -0.39 is 0 Å². The van der Waals surface area contributed by atoms with Crippen molar-refractivity contribution in [2.45, 2.75) is 38.8 Å². The van der Waals surface area contributed by atoms with Gasteiger partial charge < -0.3 is 4.90 Å². The zero-order valence-corrected chi connectivity index (χ0v) is 11.5. The van der Waals surface area contributed by atoms with E-state index in [0.29, 0.717) is 5.56 Å². The average Bonchev–Trinajstić information content (AvgIpc) is 2.92. The molecule has 0 saturated carbocycles. The molecule has 1 aliphatic rings. The molecule has 1 saturated heterocycles. The molecule has 1 aliphatic heterocycles. The molecule has 2 rings (SSSR count). The maximum absolute atomic E-state index is 13.7. The van der Waals surface area contributed by atoms with Crippen LogP contribution in [0.4, 0.5) is 4.39 Å². The van der Waals surface area contributed by atoms with Crippen molar-refractivity contribution in [1.82, 2.24) is 10.2 Å². The summed E-state index contributed by atoms with van der Waals surface area (Å²) in [6, 6.07) is 6.21. The molecule has 3 nitrogen and oxygen atoms in total. The van der Waals surface area contributed by atoms with Crippen LogP contribution in [0.1, 0.15) is 38.3 Å². The van der Waals surface area contributed by atoms with Crippen molar-refractivity contribution in [2.24, 2.45) is 0 Å². The molecule has 0 aliphatic carbocycles. The Kier molecular flexibility index (Phi) is 4.53. The monoisotopic (exact) mass is 264 g/mol. The minimum Gasteiger partial charge on any atom is -0.341 e. The first kappa shape index (κ1) is 14.0. The number of likely N-dealkylation sites (tertiary alicyclic amines) is 1. The van der Waals surface area contributed by atoms with Gasteiger partial charge in [0.25, 0.3) is 0 Å². The number of rotatable bonds is 4. The van der Waals surface area contributed by atoms with Crippen molar-refractivity contribution in [2.75, 3.05) is 13.1 Å². The van der Waals surface area contributed by atoms with Gasteiger partial charge in [0.2, 0.25) is 5.91 Å². The van der Waals surface area contributed by atoms with Gasteiger partial charge in [0.1, 0.15) is 5.82 Å². The number of carbonyl (C=O) groups excluding carboxylic acids is 1. The van der Waals surface area contributed by atoms with Crippen LogP contribution in [-0.4, -0.2) is 29.9 Å². The molecule has 0 radical (unpaired) electrons. The molecule has 104 valence electrons. The third kappa shape index (κ3) is 3.32. The third-order valence-corrected chi connectivity index (χ3v) is 3.66. The van der Waals surface area contributed by atoms with Gasteiger partial charge in [0.05, 0.1) is 6.04 Å². The van der Waals surface area contributed by atoms with Gasteiger partial charge >= 0.3 is 0 Å². The lowest BCUT2D eigenvalue weighted by atomic mass is 10.1. The Morgan fingerprint density at radius 3 is 2.53 bits per heavy atom. The highest BCUT2D eigenvalue weighted by atomic mass is 19.1. The number of nitrogens with one attached hydrogen (secondary N) is 1. The Labute approximate surface area is 113 Å². The van der Waals surface area contributed by atoms with Crippen molar-refractivity contribution in [1.29, 1.82) is 0 Å². The number of hydrogen-bond acceptors (Lipinski definition) is 2. The molecule has 1 aromatic rings. The van der Waals surface area contributed by atoms with E-state index in [9.17, 15) is 9.18 Å². The first-order valence-electron chi connectivity index (χ1n) is 6.89. The molecule has 1 aromatic carbocycles. The van der Waals surface area contributed by atoms with Gasteiger partial charge in [0, 0.05) is 24.7 Å². The van der Waals surface area contributed by atoms with Crippen molar-refractivity contribution in [3.05, 3.63) is 35.6 Å². The lowest BCUT2D eigenvalue weighted by molar-refractivity contribution is -0.132. The molecule has 2 atom stereocenters. The summed E-state index contributed by atoms with van der Waals surface area (Å²) in [6.07, 6.45) is 2.17. The summed E-state index contributed by atoms with van der Waals surface area (Å²) >= 11 is 0. The highest BCUT2D eigenvalue weighted by Crippen LogP contribution is 2.17. The molecule has 1 amide bonds. The Balaban J connectivity index is 1.96. The van der Waals surface area contributed by atoms with Gasteiger partial charge in [-0.25, -0.2) is 4.39 Å². The van der Waals surface area contributed by atoms with E-state index >= 15 is 0 Å². The number of hydrogen-bond donors (Lipinski definition) is 1. The zero-order valence-electron chi connectivity index (χ0n) is 11.5. The van der Waals surface area contributed by atoms with Gasteiger partial charge in [0.15, 0.2) is 0 Å². The quantitative estimate of drug-likeness (QED) is 0.906. The number of nitrogens with zero attached hydrogens (tertiary/aromatic N) is 1. The topological polar surface area (TPSA) is 32.3 Å². The Morgan fingerprint density at radius 2 is 1.89 bits per heavy atom. The summed E-state index contributed by atoms with van der Waals surface area (Å²) in [6.45, 7) is 5.42. The second-order valence-electron chi connectivity index (χ2n) is 5.16. The minimum atomic E-state index is -0.285. The summed E-state index contributed by atoms with van der Waals surface area (Å²) in [5, 5.41) is 3.18. The molecule has 1 heterocycles. The number of halogens is 1. The Hall–Kier alpha value is -1.42. The van der Waals surface area contributed by atoms with Crippen LogP contribution in [0.2, 0.25) is 0 Å². The minimum absolute atomic E-state index is 0.112. The molecule has 1 N–H and O–H groups in total. The van der Waals surface area contributed by atoms with Crippen molar-refractivity contribution >= 4 is 5.91 Å². The fourth-order valence-electron chi connectivity index (χ4n) is 2.57. The van der Waals surface area contributed by atoms with Crippen LogP contribution in [0.15, 0.2) is 24.3 Å². The van der Waals surface area contributed by atoms with Crippen LogP contribution in [0.5, 0.6) is 0 Å². The Bertz CT molecular complexity index is 444. The predicted octanol–water partition coefficient (Wildman–Crippen LogP) is 2.49. The van der Waals surface area contributed by atoms with Gasteiger partial charge in [-0.2, -0.15) is 0 Å². The lowest BCUT2D eigenvalue weighted by Gasteiger charge is -2.24. The normalized spacial score (nSPS) is 18.4. The van der Waals surface area contributed by atoms with E-state index in [-0.39, 0.29) is 23.8 Å². The summed E-state index contributed by atoms with van der Waals surface area (Å²) < 4.78 is 13.7. The lowest BCUT2D eigenvalue weighted by Crippen LogP contribution is -2.44. The molecule has 0 spiro atoms.